The number of hydrogen-bond donors (Lipinski definition) is 0. The zero-order valence-corrected chi connectivity index (χ0v) is 14.5. The maximum absolute atomic E-state index is 11.7. The predicted molar refractivity (Wildman–Crippen MR) is 89.2 cm³/mol. The van der Waals surface area contributed by atoms with Gasteiger partial charge in [0.1, 0.15) is 11.4 Å². The lowest BCUT2D eigenvalue weighted by atomic mass is 10.1. The molecule has 3 rings (SSSR count). The van der Waals surface area contributed by atoms with Crippen LogP contribution in [0.5, 0.6) is 0 Å². The molecule has 0 radical (unpaired) electrons. The highest BCUT2D eigenvalue weighted by Gasteiger charge is 2.24. The Morgan fingerprint density at radius 1 is 1.27 bits per heavy atom. The van der Waals surface area contributed by atoms with E-state index in [-0.39, 0.29) is 22.8 Å². The van der Waals surface area contributed by atoms with Crippen LogP contribution in [0.15, 0.2) is 18.3 Å². The molecule has 0 spiro atoms. The van der Waals surface area contributed by atoms with Crippen molar-refractivity contribution >= 4 is 11.7 Å². The smallest absolute Gasteiger partial charge is 0.356 e. The van der Waals surface area contributed by atoms with Crippen molar-refractivity contribution < 1.29 is 14.5 Å². The maximum Gasteiger partial charge on any atom is 0.356 e. The van der Waals surface area contributed by atoms with Gasteiger partial charge in [-0.2, -0.15) is 5.10 Å². The maximum atomic E-state index is 11.7. The van der Waals surface area contributed by atoms with Crippen molar-refractivity contribution in [3.05, 3.63) is 39.8 Å². The first kappa shape index (κ1) is 17.2. The topological polar surface area (TPSA) is 131 Å². The third kappa shape index (κ3) is 2.79. The van der Waals surface area contributed by atoms with E-state index in [0.717, 1.165) is 0 Å². The number of aryl methyl sites for hydroxylation is 3. The molecular formula is C15H15N7O4. The summed E-state index contributed by atoms with van der Waals surface area (Å²) in [5, 5.41) is 23.5. The third-order valence-electron chi connectivity index (χ3n) is 3.85. The first-order valence-electron chi connectivity index (χ1n) is 7.47. The fraction of sp³-hybridized carbons (Fsp3) is 0.267. The van der Waals surface area contributed by atoms with Gasteiger partial charge < -0.3 is 4.74 Å². The summed E-state index contributed by atoms with van der Waals surface area (Å²) in [4.78, 5) is 27.0. The number of esters is 1. The first-order valence-corrected chi connectivity index (χ1v) is 7.47. The van der Waals surface area contributed by atoms with Gasteiger partial charge in [0.15, 0.2) is 5.69 Å². The third-order valence-corrected chi connectivity index (χ3v) is 3.85. The van der Waals surface area contributed by atoms with Crippen LogP contribution >= 0.6 is 0 Å². The van der Waals surface area contributed by atoms with Gasteiger partial charge in [0, 0.05) is 38.0 Å². The van der Waals surface area contributed by atoms with E-state index in [4.69, 9.17) is 0 Å². The van der Waals surface area contributed by atoms with Gasteiger partial charge in [0.25, 0.3) is 5.69 Å². The van der Waals surface area contributed by atoms with Gasteiger partial charge in [-0.25, -0.2) is 14.5 Å². The van der Waals surface area contributed by atoms with Crippen LogP contribution in [0.2, 0.25) is 0 Å². The molecular weight excluding hydrogens is 342 g/mol. The molecule has 134 valence electrons. The van der Waals surface area contributed by atoms with Gasteiger partial charge in [-0.1, -0.05) is 5.21 Å². The highest BCUT2D eigenvalue weighted by molar-refractivity contribution is 5.89. The van der Waals surface area contributed by atoms with Crippen molar-refractivity contribution in [1.82, 2.24) is 29.8 Å². The molecule has 3 aromatic rings. The van der Waals surface area contributed by atoms with E-state index in [1.807, 2.05) is 0 Å². The lowest BCUT2D eigenvalue weighted by Gasteiger charge is -2.04. The molecule has 0 saturated heterocycles. The second-order valence-electron chi connectivity index (χ2n) is 5.53. The minimum atomic E-state index is -0.595. The Morgan fingerprint density at radius 3 is 2.58 bits per heavy atom. The van der Waals surface area contributed by atoms with Crippen LogP contribution in [-0.4, -0.2) is 47.8 Å². The molecule has 0 saturated carbocycles. The number of nitrogens with zero attached hydrogens (tertiary/aromatic N) is 7. The van der Waals surface area contributed by atoms with Crippen molar-refractivity contribution in [2.45, 2.75) is 6.92 Å². The van der Waals surface area contributed by atoms with E-state index in [2.05, 4.69) is 25.1 Å². The molecule has 3 aromatic heterocycles. The van der Waals surface area contributed by atoms with Crippen LogP contribution in [-0.2, 0) is 18.8 Å². The highest BCUT2D eigenvalue weighted by Crippen LogP contribution is 2.32. The Morgan fingerprint density at radius 2 is 2.00 bits per heavy atom. The fourth-order valence-corrected chi connectivity index (χ4v) is 2.65. The number of nitro groups is 1. The normalized spacial score (nSPS) is 10.8. The van der Waals surface area contributed by atoms with Gasteiger partial charge >= 0.3 is 5.97 Å². The summed E-state index contributed by atoms with van der Waals surface area (Å²) in [5.74, 6) is -0.595. The lowest BCUT2D eigenvalue weighted by molar-refractivity contribution is -0.384. The minimum Gasteiger partial charge on any atom is -0.464 e. The molecule has 26 heavy (non-hydrogen) atoms. The van der Waals surface area contributed by atoms with Crippen LogP contribution < -0.4 is 0 Å². The van der Waals surface area contributed by atoms with E-state index in [0.29, 0.717) is 17.0 Å². The van der Waals surface area contributed by atoms with Gasteiger partial charge in [0.2, 0.25) is 0 Å². The second-order valence-corrected chi connectivity index (χ2v) is 5.53. The molecule has 0 aliphatic carbocycles. The molecule has 0 amide bonds. The number of methoxy groups -OCH3 is 1. The monoisotopic (exact) mass is 357 g/mol. The number of ether oxygens (including phenoxy) is 1. The summed E-state index contributed by atoms with van der Waals surface area (Å²) in [5.41, 5.74) is 1.94. The van der Waals surface area contributed by atoms with Crippen LogP contribution in [0.4, 0.5) is 5.69 Å². The van der Waals surface area contributed by atoms with Crippen molar-refractivity contribution in [2.75, 3.05) is 7.11 Å². The number of aromatic nitrogens is 6. The molecule has 0 aliphatic heterocycles. The van der Waals surface area contributed by atoms with Gasteiger partial charge in [-0.05, 0) is 6.92 Å². The Bertz CT molecular complexity index is 1000. The fourth-order valence-electron chi connectivity index (χ4n) is 2.65. The summed E-state index contributed by atoms with van der Waals surface area (Å²) < 4.78 is 7.47. The van der Waals surface area contributed by atoms with Crippen LogP contribution in [0.25, 0.3) is 22.6 Å². The van der Waals surface area contributed by atoms with Crippen molar-refractivity contribution in [1.29, 1.82) is 0 Å². The molecule has 0 bridgehead atoms. The van der Waals surface area contributed by atoms with E-state index in [1.165, 1.54) is 34.8 Å². The van der Waals surface area contributed by atoms with E-state index in [9.17, 15) is 14.9 Å². The lowest BCUT2D eigenvalue weighted by Crippen LogP contribution is -2.07. The van der Waals surface area contributed by atoms with E-state index in [1.54, 1.807) is 21.0 Å². The zero-order valence-electron chi connectivity index (χ0n) is 14.5. The Labute approximate surface area is 147 Å². The summed E-state index contributed by atoms with van der Waals surface area (Å²) in [6, 6.07) is 2.79. The Kier molecular flexibility index (Phi) is 4.20. The summed E-state index contributed by atoms with van der Waals surface area (Å²) in [6.45, 7) is 1.75. The number of carbonyl (C=O) groups is 1. The summed E-state index contributed by atoms with van der Waals surface area (Å²) in [7, 11) is 4.48. The largest absolute Gasteiger partial charge is 0.464 e. The summed E-state index contributed by atoms with van der Waals surface area (Å²) in [6.07, 6.45) is 1.49. The molecule has 0 fully saturated rings. The number of pyridine rings is 1. The number of carbonyl (C=O) groups excluding carboxylic acids is 1. The Balaban J connectivity index is 2.15. The van der Waals surface area contributed by atoms with E-state index < -0.39 is 10.9 Å². The van der Waals surface area contributed by atoms with Gasteiger partial charge in [-0.3, -0.25) is 14.8 Å². The quantitative estimate of drug-likeness (QED) is 0.387. The standard InChI is InChI=1S/C15H15N7O4/c1-8-14(21(3)19-17-8)9-5-11(22(24)25)13(16-7-9)10-6-12(15(23)26-4)20(2)18-10/h5-7H,1-4H3. The SMILES string of the molecule is COC(=O)c1cc(-c2ncc(-c3c(C)nnn3C)cc2[N+](=O)[O-])nn1C. The van der Waals surface area contributed by atoms with Gasteiger partial charge in [-0.15, -0.1) is 5.10 Å². The summed E-state index contributed by atoms with van der Waals surface area (Å²) >= 11 is 0. The van der Waals surface area contributed by atoms with Crippen molar-refractivity contribution in [3.63, 3.8) is 0 Å². The molecule has 11 heteroatoms. The van der Waals surface area contributed by atoms with E-state index >= 15 is 0 Å². The molecule has 0 aliphatic rings. The first-order chi connectivity index (χ1) is 12.3. The molecule has 0 N–H and O–H groups in total. The molecule has 0 aromatic carbocycles. The molecule has 0 unspecified atom stereocenters. The molecule has 0 atom stereocenters. The highest BCUT2D eigenvalue weighted by atomic mass is 16.6. The predicted octanol–water partition coefficient (Wildman–Crippen LogP) is 1.28. The molecule has 11 nitrogen and oxygen atoms in total. The van der Waals surface area contributed by atoms with Crippen molar-refractivity contribution in [2.24, 2.45) is 14.1 Å². The second kappa shape index (κ2) is 6.35. The van der Waals surface area contributed by atoms with Crippen molar-refractivity contribution in [3.8, 4) is 22.6 Å². The van der Waals surface area contributed by atoms with Crippen LogP contribution in [0.3, 0.4) is 0 Å². The zero-order chi connectivity index (χ0) is 19.0. The van der Waals surface area contributed by atoms with Crippen LogP contribution in [0, 0.1) is 17.0 Å². The number of hydrogen-bond acceptors (Lipinski definition) is 8. The average Bonchev–Trinajstić information content (AvgIpc) is 3.16. The van der Waals surface area contributed by atoms with Gasteiger partial charge in [0.05, 0.1) is 23.4 Å². The molecule has 3 heterocycles. The van der Waals surface area contributed by atoms with Crippen LogP contribution in [0.1, 0.15) is 16.2 Å². The minimum absolute atomic E-state index is 0.0530. The number of rotatable bonds is 4. The Hall–Kier alpha value is -3.63. The average molecular weight is 357 g/mol.